The maximum Gasteiger partial charge on any atom is 0.327 e. The van der Waals surface area contributed by atoms with E-state index in [4.69, 9.17) is 0 Å². The van der Waals surface area contributed by atoms with Gasteiger partial charge in [0.1, 0.15) is 6.04 Å². The lowest BCUT2D eigenvalue weighted by molar-refractivity contribution is -0.130. The molecule has 0 aromatic heterocycles. The number of fused-ring (bicyclic) bond motifs is 1. The van der Waals surface area contributed by atoms with E-state index in [9.17, 15) is 9.59 Å². The molecule has 0 N–H and O–H groups in total. The van der Waals surface area contributed by atoms with Crippen LogP contribution in [-0.4, -0.2) is 64.9 Å². The van der Waals surface area contributed by atoms with Crippen LogP contribution in [0, 0.1) is 0 Å². The monoisotopic (exact) mass is 237 g/mol. The minimum absolute atomic E-state index is 0.0567. The summed E-state index contributed by atoms with van der Waals surface area (Å²) in [5.41, 5.74) is 0. The van der Waals surface area contributed by atoms with Gasteiger partial charge in [0, 0.05) is 32.2 Å². The summed E-state index contributed by atoms with van der Waals surface area (Å²) in [6.07, 6.45) is 1.83. The summed E-state index contributed by atoms with van der Waals surface area (Å²) in [6.45, 7) is 10.3. The molecule has 0 aromatic carbocycles. The first-order valence-corrected chi connectivity index (χ1v) is 6.03. The third kappa shape index (κ3) is 1.95. The van der Waals surface area contributed by atoms with Crippen LogP contribution < -0.4 is 0 Å². The van der Waals surface area contributed by atoms with Crippen LogP contribution in [0.25, 0.3) is 0 Å². The molecule has 94 valence electrons. The molecule has 2 aliphatic heterocycles. The van der Waals surface area contributed by atoms with Gasteiger partial charge in [-0.2, -0.15) is 0 Å². The Kier molecular flexibility index (Phi) is 3.19. The Morgan fingerprint density at radius 2 is 2.12 bits per heavy atom. The van der Waals surface area contributed by atoms with E-state index in [-0.39, 0.29) is 24.0 Å². The van der Waals surface area contributed by atoms with Crippen molar-refractivity contribution in [1.29, 1.82) is 0 Å². The highest BCUT2D eigenvalue weighted by Crippen LogP contribution is 2.23. The number of rotatable bonds is 3. The third-order valence-corrected chi connectivity index (χ3v) is 3.34. The number of hydrogen-bond acceptors (Lipinski definition) is 3. The van der Waals surface area contributed by atoms with E-state index in [1.165, 1.54) is 4.90 Å². The molecule has 2 saturated heterocycles. The van der Waals surface area contributed by atoms with Crippen LogP contribution >= 0.6 is 0 Å². The molecule has 3 amide bonds. The number of nitrogens with zero attached hydrogens (tertiary/aromatic N) is 3. The van der Waals surface area contributed by atoms with E-state index >= 15 is 0 Å². The summed E-state index contributed by atoms with van der Waals surface area (Å²) >= 11 is 0. The largest absolute Gasteiger partial charge is 0.327 e. The molecule has 5 heteroatoms. The number of carbonyl (C=O) groups is 2. The van der Waals surface area contributed by atoms with Gasteiger partial charge in [-0.3, -0.25) is 14.6 Å². The molecule has 2 aliphatic rings. The zero-order chi connectivity index (χ0) is 12.6. The minimum atomic E-state index is -0.293. The highest BCUT2D eigenvalue weighted by Gasteiger charge is 2.48. The molecule has 17 heavy (non-hydrogen) atoms. The van der Waals surface area contributed by atoms with Gasteiger partial charge in [-0.05, 0) is 13.8 Å². The average molecular weight is 237 g/mol. The van der Waals surface area contributed by atoms with Gasteiger partial charge < -0.3 is 4.90 Å². The topological polar surface area (TPSA) is 43.9 Å². The van der Waals surface area contributed by atoms with E-state index in [2.05, 4.69) is 11.5 Å². The van der Waals surface area contributed by atoms with Gasteiger partial charge in [-0.15, -0.1) is 6.58 Å². The molecule has 1 atom stereocenters. The Balaban J connectivity index is 2.14. The van der Waals surface area contributed by atoms with E-state index in [1.807, 2.05) is 19.9 Å². The van der Waals surface area contributed by atoms with Gasteiger partial charge in [-0.1, -0.05) is 6.08 Å². The zero-order valence-corrected chi connectivity index (χ0v) is 10.4. The Labute approximate surface area is 102 Å². The Bertz CT molecular complexity index is 354. The molecule has 0 spiro atoms. The fourth-order valence-electron chi connectivity index (χ4n) is 2.50. The summed E-state index contributed by atoms with van der Waals surface area (Å²) < 4.78 is 0. The lowest BCUT2D eigenvalue weighted by Gasteiger charge is -2.34. The van der Waals surface area contributed by atoms with Crippen molar-refractivity contribution < 1.29 is 9.59 Å². The molecular weight excluding hydrogens is 218 g/mol. The lowest BCUT2D eigenvalue weighted by atomic mass is 10.2. The summed E-state index contributed by atoms with van der Waals surface area (Å²) in [5, 5.41) is 0. The van der Waals surface area contributed by atoms with Gasteiger partial charge in [0.05, 0.1) is 0 Å². The molecule has 2 rings (SSSR count). The van der Waals surface area contributed by atoms with E-state index in [0.29, 0.717) is 13.1 Å². The molecule has 0 aliphatic carbocycles. The third-order valence-electron chi connectivity index (χ3n) is 3.34. The van der Waals surface area contributed by atoms with Crippen LogP contribution in [0.4, 0.5) is 4.79 Å². The minimum Gasteiger partial charge on any atom is -0.310 e. The highest BCUT2D eigenvalue weighted by molar-refractivity contribution is 6.04. The van der Waals surface area contributed by atoms with Crippen LogP contribution in [0.3, 0.4) is 0 Å². The smallest absolute Gasteiger partial charge is 0.310 e. The van der Waals surface area contributed by atoms with Crippen molar-refractivity contribution in [3.05, 3.63) is 12.7 Å². The lowest BCUT2D eigenvalue weighted by Crippen LogP contribution is -2.52. The molecule has 2 heterocycles. The fourth-order valence-corrected chi connectivity index (χ4v) is 2.50. The Morgan fingerprint density at radius 1 is 1.41 bits per heavy atom. The van der Waals surface area contributed by atoms with E-state index in [0.717, 1.165) is 13.1 Å². The maximum absolute atomic E-state index is 12.2. The van der Waals surface area contributed by atoms with Crippen LogP contribution in [0.15, 0.2) is 12.7 Å². The van der Waals surface area contributed by atoms with Crippen LogP contribution in [0.2, 0.25) is 0 Å². The zero-order valence-electron chi connectivity index (χ0n) is 10.4. The summed E-state index contributed by atoms with van der Waals surface area (Å²) in [6, 6.07) is -0.486. The standard InChI is InChI=1S/C12H19N3O2/c1-4-5-13-6-7-14-10(8-13)11(16)15(9(2)3)12(14)17/h4,9-10H,1,5-8H2,2-3H3. The molecule has 5 nitrogen and oxygen atoms in total. The molecule has 0 radical (unpaired) electrons. The molecule has 2 fully saturated rings. The van der Waals surface area contributed by atoms with Gasteiger partial charge in [-0.25, -0.2) is 4.79 Å². The van der Waals surface area contributed by atoms with Crippen molar-refractivity contribution in [2.45, 2.75) is 25.9 Å². The average Bonchev–Trinajstić information content (AvgIpc) is 2.52. The second-order valence-electron chi connectivity index (χ2n) is 4.84. The van der Waals surface area contributed by atoms with Crippen LogP contribution in [-0.2, 0) is 4.79 Å². The van der Waals surface area contributed by atoms with Crippen molar-refractivity contribution in [2.24, 2.45) is 0 Å². The van der Waals surface area contributed by atoms with Gasteiger partial charge >= 0.3 is 6.03 Å². The van der Waals surface area contributed by atoms with Crippen molar-refractivity contribution in [1.82, 2.24) is 14.7 Å². The van der Waals surface area contributed by atoms with Crippen LogP contribution in [0.5, 0.6) is 0 Å². The van der Waals surface area contributed by atoms with Crippen molar-refractivity contribution in [3.8, 4) is 0 Å². The number of hydrogen-bond donors (Lipinski definition) is 0. The molecule has 0 saturated carbocycles. The SMILES string of the molecule is C=CCN1CCN2C(=O)N(C(C)C)C(=O)C2C1. The van der Waals surface area contributed by atoms with Gasteiger partial charge in [0.15, 0.2) is 0 Å². The van der Waals surface area contributed by atoms with Crippen molar-refractivity contribution in [2.75, 3.05) is 26.2 Å². The number of piperazine rings is 1. The predicted octanol–water partition coefficient (Wildman–Crippen LogP) is 0.529. The molecule has 0 aromatic rings. The first-order chi connectivity index (χ1) is 8.06. The van der Waals surface area contributed by atoms with Crippen molar-refractivity contribution >= 4 is 11.9 Å². The number of amides is 3. The first kappa shape index (κ1) is 12.1. The number of urea groups is 1. The Morgan fingerprint density at radius 3 is 2.71 bits per heavy atom. The molecule has 0 bridgehead atoms. The number of carbonyl (C=O) groups excluding carboxylic acids is 2. The fraction of sp³-hybridized carbons (Fsp3) is 0.667. The predicted molar refractivity (Wildman–Crippen MR) is 64.5 cm³/mol. The van der Waals surface area contributed by atoms with E-state index in [1.54, 1.807) is 4.90 Å². The summed E-state index contributed by atoms with van der Waals surface area (Å²) in [7, 11) is 0. The first-order valence-electron chi connectivity index (χ1n) is 6.03. The second-order valence-corrected chi connectivity index (χ2v) is 4.84. The summed E-state index contributed by atoms with van der Waals surface area (Å²) in [5.74, 6) is -0.0567. The number of imide groups is 1. The summed E-state index contributed by atoms with van der Waals surface area (Å²) in [4.78, 5) is 29.4. The normalized spacial score (nSPS) is 25.7. The second kappa shape index (κ2) is 4.49. The van der Waals surface area contributed by atoms with Crippen molar-refractivity contribution in [3.63, 3.8) is 0 Å². The molecular formula is C12H19N3O2. The quantitative estimate of drug-likeness (QED) is 0.531. The van der Waals surface area contributed by atoms with Gasteiger partial charge in [0.2, 0.25) is 0 Å². The van der Waals surface area contributed by atoms with E-state index < -0.39 is 0 Å². The highest BCUT2D eigenvalue weighted by atomic mass is 16.2. The van der Waals surface area contributed by atoms with Gasteiger partial charge in [0.25, 0.3) is 5.91 Å². The van der Waals surface area contributed by atoms with Crippen LogP contribution in [0.1, 0.15) is 13.8 Å². The maximum atomic E-state index is 12.2. The molecule has 1 unspecified atom stereocenters. The Hall–Kier alpha value is -1.36.